The SMILES string of the molecule is Cc1cc(Br)ccc1Nc1cnnc(NCc2ccncc2)n1. The molecule has 3 aromatic rings. The first-order valence-corrected chi connectivity index (χ1v) is 7.86. The standard InChI is InChI=1S/C16H15BrN6/c1-11-8-13(17)2-3-14(11)21-15-10-20-23-16(22-15)19-9-12-4-6-18-7-5-12/h2-8,10H,9H2,1H3,(H2,19,21,22,23). The van der Waals surface area contributed by atoms with Crippen LogP contribution in [0, 0.1) is 6.92 Å². The maximum absolute atomic E-state index is 4.42. The monoisotopic (exact) mass is 370 g/mol. The topological polar surface area (TPSA) is 75.6 Å². The third-order valence-electron chi connectivity index (χ3n) is 3.21. The van der Waals surface area contributed by atoms with Gasteiger partial charge in [0.05, 0.1) is 6.20 Å². The summed E-state index contributed by atoms with van der Waals surface area (Å²) in [6, 6.07) is 9.89. The van der Waals surface area contributed by atoms with Crippen molar-refractivity contribution in [3.8, 4) is 0 Å². The van der Waals surface area contributed by atoms with E-state index in [9.17, 15) is 0 Å². The second-order valence-corrected chi connectivity index (χ2v) is 5.87. The van der Waals surface area contributed by atoms with E-state index in [0.29, 0.717) is 18.3 Å². The molecule has 0 bridgehead atoms. The molecule has 2 aromatic heterocycles. The van der Waals surface area contributed by atoms with Crippen LogP contribution in [0.15, 0.2) is 53.4 Å². The van der Waals surface area contributed by atoms with Crippen molar-refractivity contribution in [3.05, 3.63) is 64.5 Å². The summed E-state index contributed by atoms with van der Waals surface area (Å²) in [6.45, 7) is 2.65. The molecule has 0 fully saturated rings. The smallest absolute Gasteiger partial charge is 0.244 e. The van der Waals surface area contributed by atoms with E-state index in [1.165, 1.54) is 0 Å². The van der Waals surface area contributed by atoms with E-state index >= 15 is 0 Å². The molecule has 3 rings (SSSR count). The van der Waals surface area contributed by atoms with E-state index < -0.39 is 0 Å². The van der Waals surface area contributed by atoms with Gasteiger partial charge in [0.15, 0.2) is 5.82 Å². The Morgan fingerprint density at radius 1 is 1.13 bits per heavy atom. The molecular weight excluding hydrogens is 356 g/mol. The quantitative estimate of drug-likeness (QED) is 0.713. The highest BCUT2D eigenvalue weighted by molar-refractivity contribution is 9.10. The number of pyridine rings is 1. The van der Waals surface area contributed by atoms with Crippen LogP contribution in [0.1, 0.15) is 11.1 Å². The van der Waals surface area contributed by atoms with Crippen LogP contribution in [0.5, 0.6) is 0 Å². The summed E-state index contributed by atoms with van der Waals surface area (Å²) < 4.78 is 1.04. The number of halogens is 1. The predicted octanol–water partition coefficient (Wildman–Crippen LogP) is 3.69. The van der Waals surface area contributed by atoms with Gasteiger partial charge in [-0.1, -0.05) is 15.9 Å². The summed E-state index contributed by atoms with van der Waals surface area (Å²) in [5.41, 5.74) is 3.20. The molecule has 0 amide bonds. The molecule has 1 aromatic carbocycles. The Morgan fingerprint density at radius 3 is 2.74 bits per heavy atom. The van der Waals surface area contributed by atoms with Gasteiger partial charge < -0.3 is 10.6 Å². The Bertz CT molecular complexity index is 794. The summed E-state index contributed by atoms with van der Waals surface area (Å²) in [4.78, 5) is 8.41. The van der Waals surface area contributed by atoms with Crippen molar-refractivity contribution in [3.63, 3.8) is 0 Å². The molecule has 0 saturated carbocycles. The van der Waals surface area contributed by atoms with Crippen LogP contribution >= 0.6 is 15.9 Å². The van der Waals surface area contributed by atoms with Gasteiger partial charge in [-0.15, -0.1) is 5.10 Å². The number of aryl methyl sites for hydroxylation is 1. The average Bonchev–Trinajstić information content (AvgIpc) is 2.57. The first-order chi connectivity index (χ1) is 11.2. The predicted molar refractivity (Wildman–Crippen MR) is 93.6 cm³/mol. The van der Waals surface area contributed by atoms with E-state index in [-0.39, 0.29) is 0 Å². The van der Waals surface area contributed by atoms with Gasteiger partial charge in [-0.05, 0) is 48.4 Å². The van der Waals surface area contributed by atoms with Crippen LogP contribution in [0.3, 0.4) is 0 Å². The molecule has 2 N–H and O–H groups in total. The molecule has 6 nitrogen and oxygen atoms in total. The second kappa shape index (κ2) is 7.15. The molecule has 0 spiro atoms. The summed E-state index contributed by atoms with van der Waals surface area (Å²) >= 11 is 3.46. The number of hydrogen-bond donors (Lipinski definition) is 2. The summed E-state index contributed by atoms with van der Waals surface area (Å²) in [7, 11) is 0. The van der Waals surface area contributed by atoms with E-state index in [1.807, 2.05) is 37.3 Å². The van der Waals surface area contributed by atoms with Crippen LogP contribution in [0.2, 0.25) is 0 Å². The van der Waals surface area contributed by atoms with E-state index in [4.69, 9.17) is 0 Å². The van der Waals surface area contributed by atoms with Gasteiger partial charge in [-0.25, -0.2) is 0 Å². The fourth-order valence-electron chi connectivity index (χ4n) is 2.03. The summed E-state index contributed by atoms with van der Waals surface area (Å²) in [6.07, 6.45) is 5.11. The van der Waals surface area contributed by atoms with Gasteiger partial charge in [0.1, 0.15) is 0 Å². The van der Waals surface area contributed by atoms with Gasteiger partial charge in [-0.3, -0.25) is 4.98 Å². The first-order valence-electron chi connectivity index (χ1n) is 7.06. The molecule has 0 atom stereocenters. The molecule has 0 saturated heterocycles. The minimum atomic E-state index is 0.474. The maximum atomic E-state index is 4.42. The van der Waals surface area contributed by atoms with Crippen molar-refractivity contribution in [2.75, 3.05) is 10.6 Å². The molecule has 7 heteroatoms. The lowest BCUT2D eigenvalue weighted by Crippen LogP contribution is -2.06. The highest BCUT2D eigenvalue weighted by Crippen LogP contribution is 2.22. The lowest BCUT2D eigenvalue weighted by molar-refractivity contribution is 0.947. The van der Waals surface area contributed by atoms with Gasteiger partial charge in [-0.2, -0.15) is 10.1 Å². The average molecular weight is 371 g/mol. The van der Waals surface area contributed by atoms with E-state index in [2.05, 4.69) is 46.7 Å². The lowest BCUT2D eigenvalue weighted by Gasteiger charge is -2.10. The zero-order valence-corrected chi connectivity index (χ0v) is 14.1. The van der Waals surface area contributed by atoms with Crippen molar-refractivity contribution in [1.82, 2.24) is 20.2 Å². The first kappa shape index (κ1) is 15.4. The van der Waals surface area contributed by atoms with Gasteiger partial charge >= 0.3 is 0 Å². The minimum absolute atomic E-state index is 0.474. The van der Waals surface area contributed by atoms with Crippen molar-refractivity contribution in [1.29, 1.82) is 0 Å². The number of anilines is 3. The molecule has 2 heterocycles. The fraction of sp³-hybridized carbons (Fsp3) is 0.125. The fourth-order valence-corrected chi connectivity index (χ4v) is 2.50. The Balaban J connectivity index is 1.69. The Labute approximate surface area is 142 Å². The normalized spacial score (nSPS) is 10.3. The molecule has 23 heavy (non-hydrogen) atoms. The highest BCUT2D eigenvalue weighted by Gasteiger charge is 2.04. The van der Waals surface area contributed by atoms with Crippen molar-refractivity contribution in [2.24, 2.45) is 0 Å². The summed E-state index contributed by atoms with van der Waals surface area (Å²) in [5, 5.41) is 14.4. The third kappa shape index (κ3) is 4.23. The zero-order chi connectivity index (χ0) is 16.1. The molecule has 0 aliphatic rings. The second-order valence-electron chi connectivity index (χ2n) is 4.96. The van der Waals surface area contributed by atoms with E-state index in [1.54, 1.807) is 18.6 Å². The molecule has 0 unspecified atom stereocenters. The van der Waals surface area contributed by atoms with Crippen LogP contribution in [-0.4, -0.2) is 20.2 Å². The molecule has 116 valence electrons. The van der Waals surface area contributed by atoms with E-state index in [0.717, 1.165) is 21.3 Å². The van der Waals surface area contributed by atoms with Crippen LogP contribution in [0.4, 0.5) is 17.5 Å². The van der Waals surface area contributed by atoms with Crippen molar-refractivity contribution < 1.29 is 0 Å². The number of rotatable bonds is 5. The molecular formula is C16H15BrN6. The third-order valence-corrected chi connectivity index (χ3v) is 3.70. The van der Waals surface area contributed by atoms with Crippen molar-refractivity contribution in [2.45, 2.75) is 13.5 Å². The lowest BCUT2D eigenvalue weighted by atomic mass is 10.2. The molecule has 0 aliphatic heterocycles. The number of hydrogen-bond acceptors (Lipinski definition) is 6. The van der Waals surface area contributed by atoms with Crippen LogP contribution < -0.4 is 10.6 Å². The Hall–Kier alpha value is -2.54. The Morgan fingerprint density at radius 2 is 1.96 bits per heavy atom. The Kier molecular flexibility index (Phi) is 4.77. The molecule has 0 aliphatic carbocycles. The summed E-state index contributed by atoms with van der Waals surface area (Å²) in [5.74, 6) is 1.12. The molecule has 0 radical (unpaired) electrons. The maximum Gasteiger partial charge on any atom is 0.244 e. The number of nitrogens with one attached hydrogen (secondary N) is 2. The van der Waals surface area contributed by atoms with Crippen LogP contribution in [0.25, 0.3) is 0 Å². The largest absolute Gasteiger partial charge is 0.349 e. The van der Waals surface area contributed by atoms with Gasteiger partial charge in [0.25, 0.3) is 0 Å². The minimum Gasteiger partial charge on any atom is -0.349 e. The number of aromatic nitrogens is 4. The van der Waals surface area contributed by atoms with Crippen molar-refractivity contribution >= 4 is 33.4 Å². The van der Waals surface area contributed by atoms with Gasteiger partial charge in [0.2, 0.25) is 5.95 Å². The number of benzene rings is 1. The zero-order valence-electron chi connectivity index (χ0n) is 12.5. The highest BCUT2D eigenvalue weighted by atomic mass is 79.9. The van der Waals surface area contributed by atoms with Crippen LogP contribution in [-0.2, 0) is 6.54 Å². The van der Waals surface area contributed by atoms with Gasteiger partial charge in [0, 0.05) is 29.1 Å². The number of nitrogens with zero attached hydrogens (tertiary/aromatic N) is 4.